The molecule has 0 bridgehead atoms. The summed E-state index contributed by atoms with van der Waals surface area (Å²) < 4.78 is 0. The molecule has 3 rings (SSSR count). The predicted octanol–water partition coefficient (Wildman–Crippen LogP) is 3.25. The third-order valence-corrected chi connectivity index (χ3v) is 4.51. The molecule has 1 aliphatic heterocycles. The lowest BCUT2D eigenvalue weighted by atomic mass is 9.87. The lowest BCUT2D eigenvalue weighted by Gasteiger charge is -2.34. The Balaban J connectivity index is 1.59. The Morgan fingerprint density at radius 2 is 1.95 bits per heavy atom. The van der Waals surface area contributed by atoms with Gasteiger partial charge in [0.05, 0.1) is 11.1 Å². The number of H-pyrrole nitrogens is 1. The van der Waals surface area contributed by atoms with Crippen LogP contribution >= 0.6 is 11.6 Å². The maximum absolute atomic E-state index is 12.3. The molecule has 0 saturated carbocycles. The highest BCUT2D eigenvalue weighted by Gasteiger charge is 2.29. The first-order valence-corrected chi connectivity index (χ1v) is 7.89. The summed E-state index contributed by atoms with van der Waals surface area (Å²) in [6.07, 6.45) is 2.76. The molecule has 0 unspecified atom stereocenters. The Labute approximate surface area is 134 Å². The number of likely N-dealkylation sites (tertiary alicyclic amines) is 1. The first-order chi connectivity index (χ1) is 10.6. The number of aromatic amines is 1. The van der Waals surface area contributed by atoms with Crippen molar-refractivity contribution in [1.29, 1.82) is 0 Å². The number of hydrogen-bond donors (Lipinski definition) is 2. The third kappa shape index (κ3) is 3.18. The van der Waals surface area contributed by atoms with E-state index < -0.39 is 6.10 Å². The molecule has 1 fully saturated rings. The van der Waals surface area contributed by atoms with Crippen molar-refractivity contribution in [3.8, 4) is 0 Å². The number of carbonyl (C=O) groups excluding carboxylic acids is 1. The molecule has 22 heavy (non-hydrogen) atoms. The highest BCUT2D eigenvalue weighted by molar-refractivity contribution is 6.30. The number of nitrogens with zero attached hydrogens (tertiary/aromatic N) is 1. The Morgan fingerprint density at radius 1 is 1.27 bits per heavy atom. The standard InChI is InChI=1S/C17H19ClN2O2/c18-14-10-15(19-11-14)17(22)20-8-6-13(7-9-20)16(21)12-4-2-1-3-5-12/h1-5,10-11,13,16,19,21H,6-9H2/t16-/m1/s1. The number of rotatable bonds is 3. The molecule has 5 heteroatoms. The van der Waals surface area contributed by atoms with Crippen molar-refractivity contribution in [2.45, 2.75) is 18.9 Å². The van der Waals surface area contributed by atoms with Gasteiger partial charge in [0.2, 0.25) is 0 Å². The maximum Gasteiger partial charge on any atom is 0.270 e. The summed E-state index contributed by atoms with van der Waals surface area (Å²) in [5.74, 6) is 0.165. The summed E-state index contributed by atoms with van der Waals surface area (Å²) in [5.41, 5.74) is 1.47. The molecule has 2 N–H and O–H groups in total. The summed E-state index contributed by atoms with van der Waals surface area (Å²) in [5, 5.41) is 11.0. The van der Waals surface area contributed by atoms with Gasteiger partial charge in [-0.3, -0.25) is 4.79 Å². The highest BCUT2D eigenvalue weighted by Crippen LogP contribution is 2.31. The fourth-order valence-corrected chi connectivity index (χ4v) is 3.17. The van der Waals surface area contributed by atoms with E-state index in [4.69, 9.17) is 11.6 Å². The summed E-state index contributed by atoms with van der Waals surface area (Å²) in [6.45, 7) is 1.31. The van der Waals surface area contributed by atoms with Crippen LogP contribution in [0.5, 0.6) is 0 Å². The van der Waals surface area contributed by atoms with E-state index >= 15 is 0 Å². The molecule has 116 valence electrons. The Hall–Kier alpha value is -1.78. The monoisotopic (exact) mass is 318 g/mol. The van der Waals surface area contributed by atoms with Crippen LogP contribution in [0.25, 0.3) is 0 Å². The van der Waals surface area contributed by atoms with E-state index in [1.165, 1.54) is 0 Å². The second-order valence-corrected chi connectivity index (χ2v) is 6.15. The lowest BCUT2D eigenvalue weighted by molar-refractivity contribution is 0.0459. The van der Waals surface area contributed by atoms with E-state index in [-0.39, 0.29) is 11.8 Å². The minimum atomic E-state index is -0.460. The van der Waals surface area contributed by atoms with Crippen molar-refractivity contribution in [3.63, 3.8) is 0 Å². The first kappa shape index (κ1) is 15.1. The zero-order valence-electron chi connectivity index (χ0n) is 12.2. The van der Waals surface area contributed by atoms with Gasteiger partial charge in [-0.2, -0.15) is 0 Å². The van der Waals surface area contributed by atoms with E-state index in [1.54, 1.807) is 12.3 Å². The van der Waals surface area contributed by atoms with Gasteiger partial charge in [-0.05, 0) is 30.4 Å². The molecule has 0 radical (unpaired) electrons. The number of aliphatic hydroxyl groups is 1. The number of nitrogens with one attached hydrogen (secondary N) is 1. The topological polar surface area (TPSA) is 56.3 Å². The molecule has 1 aliphatic rings. The number of aromatic nitrogens is 1. The van der Waals surface area contributed by atoms with Crippen LogP contribution in [-0.4, -0.2) is 34.0 Å². The van der Waals surface area contributed by atoms with Crippen molar-refractivity contribution in [3.05, 3.63) is 58.9 Å². The van der Waals surface area contributed by atoms with Gasteiger partial charge in [-0.15, -0.1) is 0 Å². The van der Waals surface area contributed by atoms with Gasteiger partial charge < -0.3 is 15.0 Å². The van der Waals surface area contributed by atoms with E-state index in [0.717, 1.165) is 18.4 Å². The summed E-state index contributed by atoms with van der Waals surface area (Å²) in [6, 6.07) is 11.4. The van der Waals surface area contributed by atoms with Crippen molar-refractivity contribution in [2.75, 3.05) is 13.1 Å². The van der Waals surface area contributed by atoms with Gasteiger partial charge in [0.15, 0.2) is 0 Å². The summed E-state index contributed by atoms with van der Waals surface area (Å²) in [7, 11) is 0. The third-order valence-electron chi connectivity index (χ3n) is 4.29. The minimum Gasteiger partial charge on any atom is -0.388 e. The molecule has 0 aliphatic carbocycles. The minimum absolute atomic E-state index is 0.0282. The molecule has 2 aromatic rings. The number of benzene rings is 1. The van der Waals surface area contributed by atoms with Gasteiger partial charge in [0.25, 0.3) is 5.91 Å². The molecule has 1 atom stereocenters. The van der Waals surface area contributed by atoms with Crippen molar-refractivity contribution in [2.24, 2.45) is 5.92 Å². The zero-order valence-corrected chi connectivity index (χ0v) is 13.0. The number of halogens is 1. The summed E-state index contributed by atoms with van der Waals surface area (Å²) in [4.78, 5) is 17.0. The molecule has 1 saturated heterocycles. The fraction of sp³-hybridized carbons (Fsp3) is 0.353. The van der Waals surface area contributed by atoms with Crippen LogP contribution in [0.15, 0.2) is 42.6 Å². The molecule has 0 spiro atoms. The van der Waals surface area contributed by atoms with Crippen LogP contribution in [0.1, 0.15) is 35.0 Å². The van der Waals surface area contributed by atoms with Crippen molar-refractivity contribution < 1.29 is 9.90 Å². The van der Waals surface area contributed by atoms with Gasteiger partial charge >= 0.3 is 0 Å². The van der Waals surface area contributed by atoms with Crippen LogP contribution in [0, 0.1) is 5.92 Å². The molecule has 1 amide bonds. The molecule has 4 nitrogen and oxygen atoms in total. The maximum atomic E-state index is 12.3. The largest absolute Gasteiger partial charge is 0.388 e. The van der Waals surface area contributed by atoms with Crippen LogP contribution in [0.4, 0.5) is 0 Å². The highest BCUT2D eigenvalue weighted by atomic mass is 35.5. The Morgan fingerprint density at radius 3 is 2.55 bits per heavy atom. The van der Waals surface area contributed by atoms with Gasteiger partial charge in [-0.1, -0.05) is 41.9 Å². The van der Waals surface area contributed by atoms with E-state index in [2.05, 4.69) is 4.98 Å². The fourth-order valence-electron chi connectivity index (χ4n) is 3.00. The van der Waals surface area contributed by atoms with Crippen LogP contribution in [0.3, 0.4) is 0 Å². The predicted molar refractivity (Wildman–Crippen MR) is 85.8 cm³/mol. The molecule has 1 aromatic heterocycles. The molecule has 2 heterocycles. The molecular weight excluding hydrogens is 300 g/mol. The quantitative estimate of drug-likeness (QED) is 0.912. The van der Waals surface area contributed by atoms with E-state index in [1.807, 2.05) is 35.2 Å². The second-order valence-electron chi connectivity index (χ2n) is 5.72. The van der Waals surface area contributed by atoms with Gasteiger partial charge in [0.1, 0.15) is 5.69 Å². The Bertz CT molecular complexity index is 633. The van der Waals surface area contributed by atoms with Crippen LogP contribution < -0.4 is 0 Å². The molecule has 1 aromatic carbocycles. The zero-order chi connectivity index (χ0) is 15.5. The first-order valence-electron chi connectivity index (χ1n) is 7.51. The number of amides is 1. The smallest absolute Gasteiger partial charge is 0.270 e. The van der Waals surface area contributed by atoms with Crippen molar-refractivity contribution in [1.82, 2.24) is 9.88 Å². The van der Waals surface area contributed by atoms with E-state index in [9.17, 15) is 9.90 Å². The van der Waals surface area contributed by atoms with Crippen LogP contribution in [-0.2, 0) is 0 Å². The number of hydrogen-bond acceptors (Lipinski definition) is 2. The normalized spacial score (nSPS) is 17.5. The average molecular weight is 319 g/mol. The van der Waals surface area contributed by atoms with Gasteiger partial charge in [0, 0.05) is 19.3 Å². The summed E-state index contributed by atoms with van der Waals surface area (Å²) >= 11 is 5.84. The average Bonchev–Trinajstić information content (AvgIpc) is 3.01. The lowest BCUT2D eigenvalue weighted by Crippen LogP contribution is -2.39. The SMILES string of the molecule is O=C(c1cc(Cl)c[nH]1)N1CCC([C@H](O)c2ccccc2)CC1. The number of piperidine rings is 1. The number of aliphatic hydroxyl groups excluding tert-OH is 1. The van der Waals surface area contributed by atoms with Crippen molar-refractivity contribution >= 4 is 17.5 Å². The second kappa shape index (κ2) is 6.55. The molecular formula is C17H19ClN2O2. The van der Waals surface area contributed by atoms with Gasteiger partial charge in [-0.25, -0.2) is 0 Å². The number of carbonyl (C=O) groups is 1. The Kier molecular flexibility index (Phi) is 4.50. The van der Waals surface area contributed by atoms with Crippen LogP contribution in [0.2, 0.25) is 5.02 Å². The van der Waals surface area contributed by atoms with E-state index in [0.29, 0.717) is 23.8 Å².